The van der Waals surface area contributed by atoms with Gasteiger partial charge in [-0.15, -0.1) is 5.92 Å². The summed E-state index contributed by atoms with van der Waals surface area (Å²) in [6.07, 6.45) is 3.30. The molecule has 11 heteroatoms. The highest BCUT2D eigenvalue weighted by Crippen LogP contribution is 2.36. The van der Waals surface area contributed by atoms with E-state index in [1.807, 2.05) is 0 Å². The lowest BCUT2D eigenvalue weighted by Crippen LogP contribution is -2.27. The van der Waals surface area contributed by atoms with Crippen LogP contribution in [0, 0.1) is 11.8 Å². The average molecular weight is 420 g/mol. The highest BCUT2D eigenvalue weighted by Gasteiger charge is 2.42. The number of imidazole rings is 1. The predicted molar refractivity (Wildman–Crippen MR) is 111 cm³/mol. The van der Waals surface area contributed by atoms with Gasteiger partial charge in [0.2, 0.25) is 5.91 Å². The molecule has 156 valence electrons. The Hall–Kier alpha value is -2.39. The molecule has 0 bridgehead atoms. The lowest BCUT2D eigenvalue weighted by molar-refractivity contribution is -0.120. The molecule has 2 aromatic rings. The standard InChI is InChI=1S/C18H25N7O3S/c19-7-4-6-12(26)21-8-3-1-2-5-11-15(29)14(27)18(28-11)25-10-24-13-16(20)22-9-23-17(13)25/h9-11,14-15,18,27,29H,2,4-8,19H2,(H,21,26)(H2,20,22,23)/t11-,14-,15-,18-/m1/s1. The first-order valence-electron chi connectivity index (χ1n) is 9.40. The molecule has 10 nitrogen and oxygen atoms in total. The first kappa shape index (κ1) is 21.3. The maximum absolute atomic E-state index is 11.5. The van der Waals surface area contributed by atoms with Crippen LogP contribution >= 0.6 is 12.6 Å². The fraction of sp³-hybridized carbons (Fsp3) is 0.556. The number of nitrogens with two attached hydrogens (primary N) is 2. The Bertz CT molecular complexity index is 910. The van der Waals surface area contributed by atoms with Crippen molar-refractivity contribution < 1.29 is 14.6 Å². The molecule has 0 unspecified atom stereocenters. The van der Waals surface area contributed by atoms with Gasteiger partial charge < -0.3 is 26.6 Å². The van der Waals surface area contributed by atoms with E-state index in [1.54, 1.807) is 4.57 Å². The van der Waals surface area contributed by atoms with E-state index in [2.05, 4.69) is 44.7 Å². The highest BCUT2D eigenvalue weighted by atomic mass is 32.1. The molecule has 1 fully saturated rings. The normalized spacial score (nSPS) is 23.7. The second-order valence-electron chi connectivity index (χ2n) is 6.69. The fourth-order valence-electron chi connectivity index (χ4n) is 3.11. The van der Waals surface area contributed by atoms with Gasteiger partial charge in [0, 0.05) is 12.8 Å². The second kappa shape index (κ2) is 9.89. The lowest BCUT2D eigenvalue weighted by Gasteiger charge is -2.16. The number of amides is 1. The lowest BCUT2D eigenvalue weighted by atomic mass is 10.1. The number of anilines is 1. The Morgan fingerprint density at radius 3 is 3.00 bits per heavy atom. The van der Waals surface area contributed by atoms with Crippen molar-refractivity contribution in [1.29, 1.82) is 0 Å². The number of hydrogen-bond donors (Lipinski definition) is 5. The van der Waals surface area contributed by atoms with Crippen molar-refractivity contribution in [2.24, 2.45) is 5.73 Å². The highest BCUT2D eigenvalue weighted by molar-refractivity contribution is 7.81. The third-order valence-electron chi connectivity index (χ3n) is 4.66. The van der Waals surface area contributed by atoms with E-state index in [1.165, 1.54) is 12.7 Å². The minimum atomic E-state index is -0.841. The molecule has 0 aromatic carbocycles. The zero-order chi connectivity index (χ0) is 20.8. The molecule has 0 spiro atoms. The van der Waals surface area contributed by atoms with Crippen molar-refractivity contribution in [3.8, 4) is 11.8 Å². The topological polar surface area (TPSA) is 154 Å². The molecule has 1 saturated heterocycles. The van der Waals surface area contributed by atoms with Crippen LogP contribution < -0.4 is 16.8 Å². The Morgan fingerprint density at radius 2 is 2.21 bits per heavy atom. The van der Waals surface area contributed by atoms with Crippen LogP contribution in [0.2, 0.25) is 0 Å². The van der Waals surface area contributed by atoms with Crippen molar-refractivity contribution in [3.05, 3.63) is 12.7 Å². The van der Waals surface area contributed by atoms with E-state index in [-0.39, 0.29) is 23.1 Å². The average Bonchev–Trinajstić information content (AvgIpc) is 3.26. The van der Waals surface area contributed by atoms with Gasteiger partial charge in [-0.05, 0) is 19.4 Å². The summed E-state index contributed by atoms with van der Waals surface area (Å²) in [6.45, 7) is 0.792. The number of carbonyl (C=O) groups excluding carboxylic acids is 1. The van der Waals surface area contributed by atoms with Crippen LogP contribution in [0.25, 0.3) is 11.2 Å². The summed E-state index contributed by atoms with van der Waals surface area (Å²) in [6, 6.07) is 0. The van der Waals surface area contributed by atoms with Crippen LogP contribution in [-0.4, -0.2) is 61.1 Å². The molecule has 1 aliphatic rings. The zero-order valence-electron chi connectivity index (χ0n) is 15.9. The number of aliphatic hydroxyl groups is 1. The van der Waals surface area contributed by atoms with Crippen LogP contribution in [0.3, 0.4) is 0 Å². The fourth-order valence-corrected chi connectivity index (χ4v) is 3.48. The van der Waals surface area contributed by atoms with Gasteiger partial charge in [-0.25, -0.2) is 15.0 Å². The molecular formula is C18H25N7O3S. The molecule has 2 aromatic heterocycles. The number of rotatable bonds is 7. The zero-order valence-corrected chi connectivity index (χ0v) is 16.8. The van der Waals surface area contributed by atoms with Gasteiger partial charge in [-0.1, -0.05) is 5.92 Å². The second-order valence-corrected chi connectivity index (χ2v) is 7.29. The number of hydrogen-bond acceptors (Lipinski definition) is 9. The maximum Gasteiger partial charge on any atom is 0.220 e. The van der Waals surface area contributed by atoms with Gasteiger partial charge in [0.15, 0.2) is 17.7 Å². The van der Waals surface area contributed by atoms with Crippen molar-refractivity contribution in [3.63, 3.8) is 0 Å². The molecule has 29 heavy (non-hydrogen) atoms. The number of ether oxygens (including phenoxy) is 1. The first-order chi connectivity index (χ1) is 14.0. The van der Waals surface area contributed by atoms with Gasteiger partial charge in [-0.3, -0.25) is 9.36 Å². The summed E-state index contributed by atoms with van der Waals surface area (Å²) in [7, 11) is 0. The van der Waals surface area contributed by atoms with Gasteiger partial charge in [0.1, 0.15) is 17.9 Å². The van der Waals surface area contributed by atoms with Crippen molar-refractivity contribution in [2.75, 3.05) is 18.8 Å². The molecule has 1 aliphatic heterocycles. The Kier molecular flexibility index (Phi) is 7.27. The van der Waals surface area contributed by atoms with E-state index in [4.69, 9.17) is 16.2 Å². The third-order valence-corrected chi connectivity index (χ3v) is 5.30. The molecular weight excluding hydrogens is 394 g/mol. The van der Waals surface area contributed by atoms with Gasteiger partial charge in [0.05, 0.1) is 24.2 Å². The quantitative estimate of drug-likeness (QED) is 0.300. The van der Waals surface area contributed by atoms with Crippen LogP contribution in [0.1, 0.15) is 31.9 Å². The third kappa shape index (κ3) is 4.97. The molecule has 1 amide bonds. The Labute approximate surface area is 173 Å². The van der Waals surface area contributed by atoms with Gasteiger partial charge in [-0.2, -0.15) is 12.6 Å². The summed E-state index contributed by atoms with van der Waals surface area (Å²) in [5.74, 6) is 6.13. The molecule has 3 rings (SSSR count). The number of nitrogens with one attached hydrogen (secondary N) is 1. The number of carbonyl (C=O) groups is 1. The van der Waals surface area contributed by atoms with Crippen LogP contribution in [0.4, 0.5) is 5.82 Å². The molecule has 6 N–H and O–H groups in total. The van der Waals surface area contributed by atoms with Gasteiger partial charge >= 0.3 is 0 Å². The van der Waals surface area contributed by atoms with Crippen LogP contribution in [0.5, 0.6) is 0 Å². The summed E-state index contributed by atoms with van der Waals surface area (Å²) >= 11 is 4.51. The summed E-state index contributed by atoms with van der Waals surface area (Å²) < 4.78 is 7.66. The smallest absolute Gasteiger partial charge is 0.220 e. The Morgan fingerprint density at radius 1 is 1.38 bits per heavy atom. The molecule has 0 aliphatic carbocycles. The number of nitrogen functional groups attached to an aromatic ring is 1. The van der Waals surface area contributed by atoms with E-state index < -0.39 is 12.3 Å². The summed E-state index contributed by atoms with van der Waals surface area (Å²) in [4.78, 5) is 23.8. The predicted octanol–water partition coefficient (Wildman–Crippen LogP) is -0.396. The van der Waals surface area contributed by atoms with Gasteiger partial charge in [0.25, 0.3) is 0 Å². The number of fused-ring (bicyclic) bond motifs is 1. The molecule has 0 saturated carbocycles. The van der Waals surface area contributed by atoms with Crippen LogP contribution in [0.15, 0.2) is 12.7 Å². The number of nitrogens with zero attached hydrogens (tertiary/aromatic N) is 4. The Balaban J connectivity index is 1.53. The van der Waals surface area contributed by atoms with E-state index in [9.17, 15) is 9.90 Å². The minimum Gasteiger partial charge on any atom is -0.387 e. The first-order valence-corrected chi connectivity index (χ1v) is 9.91. The largest absolute Gasteiger partial charge is 0.387 e. The van der Waals surface area contributed by atoms with E-state index in [0.29, 0.717) is 49.9 Å². The molecule has 0 radical (unpaired) electrons. The summed E-state index contributed by atoms with van der Waals surface area (Å²) in [5.41, 5.74) is 12.1. The number of aliphatic hydroxyl groups excluding tert-OH is 1. The molecule has 4 atom stereocenters. The monoisotopic (exact) mass is 419 g/mol. The van der Waals surface area contributed by atoms with E-state index in [0.717, 1.165) is 0 Å². The van der Waals surface area contributed by atoms with Crippen molar-refractivity contribution in [2.45, 2.75) is 49.4 Å². The molecule has 3 heterocycles. The minimum absolute atomic E-state index is 0.0535. The van der Waals surface area contributed by atoms with E-state index >= 15 is 0 Å². The van der Waals surface area contributed by atoms with Crippen LogP contribution in [-0.2, 0) is 9.53 Å². The number of thiol groups is 1. The van der Waals surface area contributed by atoms with Crippen molar-refractivity contribution in [1.82, 2.24) is 24.8 Å². The van der Waals surface area contributed by atoms with Crippen molar-refractivity contribution >= 4 is 35.5 Å². The summed E-state index contributed by atoms with van der Waals surface area (Å²) in [5, 5.41) is 12.9. The number of aromatic nitrogens is 4. The maximum atomic E-state index is 11.5. The SMILES string of the molecule is NCCCC(=O)NCC#CCC[C@H]1O[C@@H](n2cnc3c(N)ncnc32)[C@H](O)[C@@H]1S.